The Bertz CT molecular complexity index is 527. The third-order valence-corrected chi connectivity index (χ3v) is 4.17. The molecular formula is C16H30IN5O2. The van der Waals surface area contributed by atoms with Crippen LogP contribution in [0.25, 0.3) is 0 Å². The normalized spacial score (nSPS) is 17.7. The molecule has 1 atom stereocenters. The van der Waals surface area contributed by atoms with Crippen molar-refractivity contribution in [2.24, 2.45) is 12.0 Å². The molecule has 8 heteroatoms. The average Bonchev–Trinajstić information content (AvgIpc) is 3.13. The van der Waals surface area contributed by atoms with Crippen LogP contribution >= 0.6 is 24.0 Å². The minimum absolute atomic E-state index is 0. The molecule has 2 rings (SSSR count). The van der Waals surface area contributed by atoms with Crippen molar-refractivity contribution in [2.75, 3.05) is 33.4 Å². The molecule has 1 aromatic rings. The molecule has 138 valence electrons. The summed E-state index contributed by atoms with van der Waals surface area (Å²) >= 11 is 0. The molecule has 0 amide bonds. The van der Waals surface area contributed by atoms with Gasteiger partial charge in [-0.05, 0) is 26.7 Å². The zero-order valence-corrected chi connectivity index (χ0v) is 17.4. The highest BCUT2D eigenvalue weighted by atomic mass is 127. The van der Waals surface area contributed by atoms with Crippen molar-refractivity contribution in [3.63, 3.8) is 0 Å². The minimum atomic E-state index is 0. The molecule has 2 heterocycles. The predicted molar refractivity (Wildman–Crippen MR) is 106 cm³/mol. The van der Waals surface area contributed by atoms with E-state index in [1.807, 2.05) is 18.7 Å². The lowest BCUT2D eigenvalue weighted by Crippen LogP contribution is -2.37. The molecule has 1 saturated heterocycles. The van der Waals surface area contributed by atoms with E-state index in [0.717, 1.165) is 57.4 Å². The van der Waals surface area contributed by atoms with E-state index in [9.17, 15) is 0 Å². The second kappa shape index (κ2) is 10.9. The summed E-state index contributed by atoms with van der Waals surface area (Å²) in [6.45, 7) is 7.98. The minimum Gasteiger partial charge on any atom is -0.379 e. The number of hydrogen-bond donors (Lipinski definition) is 2. The number of nitrogens with one attached hydrogen (secondary N) is 2. The van der Waals surface area contributed by atoms with Crippen LogP contribution in [0.3, 0.4) is 0 Å². The van der Waals surface area contributed by atoms with Crippen molar-refractivity contribution in [3.8, 4) is 0 Å². The summed E-state index contributed by atoms with van der Waals surface area (Å²) in [5.41, 5.74) is 3.46. The van der Waals surface area contributed by atoms with E-state index in [1.165, 1.54) is 11.3 Å². The Morgan fingerprint density at radius 3 is 2.79 bits per heavy atom. The summed E-state index contributed by atoms with van der Waals surface area (Å²) < 4.78 is 12.9. The molecule has 1 aromatic heterocycles. The fourth-order valence-electron chi connectivity index (χ4n) is 2.64. The Labute approximate surface area is 161 Å². The lowest BCUT2D eigenvalue weighted by Gasteiger charge is -2.13. The zero-order chi connectivity index (χ0) is 16.7. The molecule has 0 spiro atoms. The highest BCUT2D eigenvalue weighted by molar-refractivity contribution is 14.0. The lowest BCUT2D eigenvalue weighted by molar-refractivity contribution is 0.0420. The van der Waals surface area contributed by atoms with Crippen molar-refractivity contribution in [1.29, 1.82) is 0 Å². The van der Waals surface area contributed by atoms with Gasteiger partial charge in [0.15, 0.2) is 5.96 Å². The second-order valence-electron chi connectivity index (χ2n) is 5.84. The van der Waals surface area contributed by atoms with E-state index in [1.54, 1.807) is 7.05 Å². The molecule has 1 fully saturated rings. The Hall–Kier alpha value is -0.870. The van der Waals surface area contributed by atoms with Gasteiger partial charge in [0.25, 0.3) is 0 Å². The highest BCUT2D eigenvalue weighted by Gasteiger charge is 2.15. The van der Waals surface area contributed by atoms with Gasteiger partial charge < -0.3 is 20.1 Å². The lowest BCUT2D eigenvalue weighted by atomic mass is 10.2. The summed E-state index contributed by atoms with van der Waals surface area (Å²) in [7, 11) is 3.75. The van der Waals surface area contributed by atoms with Crippen LogP contribution in [0.15, 0.2) is 4.99 Å². The molecule has 1 aliphatic rings. The predicted octanol–water partition coefficient (Wildman–Crippen LogP) is 1.52. The Morgan fingerprint density at radius 1 is 1.42 bits per heavy atom. The summed E-state index contributed by atoms with van der Waals surface area (Å²) in [5.74, 6) is 0.803. The van der Waals surface area contributed by atoms with Crippen LogP contribution in [0.2, 0.25) is 0 Å². The summed E-state index contributed by atoms with van der Waals surface area (Å²) in [5, 5.41) is 11.1. The number of rotatable bonds is 7. The van der Waals surface area contributed by atoms with E-state index >= 15 is 0 Å². The van der Waals surface area contributed by atoms with Crippen molar-refractivity contribution < 1.29 is 9.47 Å². The quantitative estimate of drug-likeness (QED) is 0.285. The van der Waals surface area contributed by atoms with Gasteiger partial charge in [0.1, 0.15) is 0 Å². The fourth-order valence-corrected chi connectivity index (χ4v) is 2.64. The van der Waals surface area contributed by atoms with Gasteiger partial charge in [-0.1, -0.05) is 0 Å². The largest absolute Gasteiger partial charge is 0.379 e. The highest BCUT2D eigenvalue weighted by Crippen LogP contribution is 2.11. The van der Waals surface area contributed by atoms with Crippen LogP contribution in [0.1, 0.15) is 29.8 Å². The monoisotopic (exact) mass is 451 g/mol. The molecule has 0 saturated carbocycles. The first kappa shape index (κ1) is 21.2. The number of halogens is 1. The van der Waals surface area contributed by atoms with Crippen molar-refractivity contribution in [1.82, 2.24) is 20.4 Å². The van der Waals surface area contributed by atoms with E-state index in [4.69, 9.17) is 9.47 Å². The van der Waals surface area contributed by atoms with E-state index in [0.29, 0.717) is 0 Å². The SMILES string of the molecule is CN=C(NCCCOC1CCOC1)NCc1c(C)nn(C)c1C.I. The van der Waals surface area contributed by atoms with Crippen LogP contribution in [0, 0.1) is 13.8 Å². The number of hydrogen-bond acceptors (Lipinski definition) is 4. The van der Waals surface area contributed by atoms with Crippen LogP contribution in [0.5, 0.6) is 0 Å². The number of ether oxygens (including phenoxy) is 2. The maximum Gasteiger partial charge on any atom is 0.191 e. The number of aromatic nitrogens is 2. The second-order valence-corrected chi connectivity index (χ2v) is 5.84. The number of aryl methyl sites for hydroxylation is 2. The number of guanidine groups is 1. The van der Waals surface area contributed by atoms with Gasteiger partial charge in [0.05, 0.1) is 18.4 Å². The third-order valence-electron chi connectivity index (χ3n) is 4.17. The Kier molecular flexibility index (Phi) is 9.60. The van der Waals surface area contributed by atoms with Gasteiger partial charge >= 0.3 is 0 Å². The topological polar surface area (TPSA) is 72.7 Å². The molecule has 2 N–H and O–H groups in total. The maximum atomic E-state index is 5.75. The molecule has 1 unspecified atom stereocenters. The van der Waals surface area contributed by atoms with Crippen LogP contribution in [-0.4, -0.2) is 55.3 Å². The van der Waals surface area contributed by atoms with Crippen molar-refractivity contribution >= 4 is 29.9 Å². The summed E-state index contributed by atoms with van der Waals surface area (Å²) in [4.78, 5) is 4.25. The van der Waals surface area contributed by atoms with Crippen LogP contribution < -0.4 is 10.6 Å². The van der Waals surface area contributed by atoms with Gasteiger partial charge in [0.2, 0.25) is 0 Å². The Balaban J connectivity index is 0.00000288. The molecule has 0 aliphatic carbocycles. The summed E-state index contributed by atoms with van der Waals surface area (Å²) in [6.07, 6.45) is 2.24. The first-order valence-electron chi connectivity index (χ1n) is 8.24. The van der Waals surface area contributed by atoms with E-state index in [-0.39, 0.29) is 30.1 Å². The van der Waals surface area contributed by atoms with Crippen LogP contribution in [-0.2, 0) is 23.1 Å². The molecule has 24 heavy (non-hydrogen) atoms. The number of nitrogens with zero attached hydrogens (tertiary/aromatic N) is 3. The fraction of sp³-hybridized carbons (Fsp3) is 0.750. The molecule has 0 aromatic carbocycles. The first-order chi connectivity index (χ1) is 11.1. The van der Waals surface area contributed by atoms with Gasteiger partial charge in [0, 0.05) is 51.7 Å². The smallest absolute Gasteiger partial charge is 0.191 e. The zero-order valence-electron chi connectivity index (χ0n) is 15.1. The summed E-state index contributed by atoms with van der Waals surface area (Å²) in [6, 6.07) is 0. The first-order valence-corrected chi connectivity index (χ1v) is 8.24. The van der Waals surface area contributed by atoms with E-state index < -0.39 is 0 Å². The maximum absolute atomic E-state index is 5.75. The average molecular weight is 451 g/mol. The molecule has 0 radical (unpaired) electrons. The molecular weight excluding hydrogens is 421 g/mol. The third kappa shape index (κ3) is 6.21. The number of aliphatic imine (C=N–C) groups is 1. The van der Waals surface area contributed by atoms with Gasteiger partial charge in [-0.25, -0.2) is 0 Å². The van der Waals surface area contributed by atoms with Crippen LogP contribution in [0.4, 0.5) is 0 Å². The molecule has 7 nitrogen and oxygen atoms in total. The van der Waals surface area contributed by atoms with Crippen molar-refractivity contribution in [2.45, 2.75) is 39.3 Å². The molecule has 0 bridgehead atoms. The van der Waals surface area contributed by atoms with Gasteiger partial charge in [-0.3, -0.25) is 9.67 Å². The van der Waals surface area contributed by atoms with Crippen molar-refractivity contribution in [3.05, 3.63) is 17.0 Å². The van der Waals surface area contributed by atoms with Gasteiger partial charge in [-0.15, -0.1) is 24.0 Å². The standard InChI is InChI=1S/C16H29N5O2.HI/c1-12-15(13(2)21(4)20-12)10-19-16(17-3)18-7-5-8-23-14-6-9-22-11-14;/h14H,5-11H2,1-4H3,(H2,17,18,19);1H. The Morgan fingerprint density at radius 2 is 2.21 bits per heavy atom. The molecule has 1 aliphatic heterocycles. The van der Waals surface area contributed by atoms with Gasteiger partial charge in [-0.2, -0.15) is 5.10 Å². The van der Waals surface area contributed by atoms with E-state index in [2.05, 4.69) is 27.6 Å².